The Hall–Kier alpha value is -1.86. The number of aromatic nitrogens is 2. The first-order valence-electron chi connectivity index (χ1n) is 6.07. The van der Waals surface area contributed by atoms with E-state index < -0.39 is 10.0 Å². The van der Waals surface area contributed by atoms with Crippen LogP contribution in [0.25, 0.3) is 0 Å². The summed E-state index contributed by atoms with van der Waals surface area (Å²) in [4.78, 5) is 3.89. The second-order valence-corrected chi connectivity index (χ2v) is 6.61. The molecular formula is C13H17N3O3S. The van der Waals surface area contributed by atoms with Crippen molar-refractivity contribution in [2.24, 2.45) is 7.05 Å². The number of rotatable bonds is 4. The molecule has 0 aliphatic carbocycles. The minimum absolute atomic E-state index is 0.0214. The zero-order valence-electron chi connectivity index (χ0n) is 11.6. The third-order valence-electron chi connectivity index (χ3n) is 3.25. The van der Waals surface area contributed by atoms with Gasteiger partial charge in [-0.05, 0) is 24.6 Å². The fourth-order valence-corrected chi connectivity index (χ4v) is 3.15. The summed E-state index contributed by atoms with van der Waals surface area (Å²) in [7, 11) is -0.404. The molecule has 108 valence electrons. The number of hydrogen-bond donors (Lipinski definition) is 1. The van der Waals surface area contributed by atoms with E-state index in [9.17, 15) is 13.5 Å². The van der Waals surface area contributed by atoms with E-state index in [1.165, 1.54) is 36.0 Å². The van der Waals surface area contributed by atoms with Crippen molar-refractivity contribution < 1.29 is 13.5 Å². The Morgan fingerprint density at radius 3 is 2.40 bits per heavy atom. The summed E-state index contributed by atoms with van der Waals surface area (Å²) in [6.45, 7) is 1.78. The Kier molecular flexibility index (Phi) is 3.82. The molecule has 20 heavy (non-hydrogen) atoms. The van der Waals surface area contributed by atoms with Crippen molar-refractivity contribution in [1.82, 2.24) is 13.9 Å². The van der Waals surface area contributed by atoms with Crippen molar-refractivity contribution in [3.63, 3.8) is 0 Å². The van der Waals surface area contributed by atoms with E-state index in [4.69, 9.17) is 0 Å². The van der Waals surface area contributed by atoms with Gasteiger partial charge in [0.05, 0.1) is 6.33 Å². The summed E-state index contributed by atoms with van der Waals surface area (Å²) >= 11 is 0. The van der Waals surface area contributed by atoms with Gasteiger partial charge in [-0.15, -0.1) is 0 Å². The molecule has 0 spiro atoms. The van der Waals surface area contributed by atoms with Crippen LogP contribution in [0.5, 0.6) is 5.75 Å². The van der Waals surface area contributed by atoms with Crippen molar-refractivity contribution in [3.05, 3.63) is 42.4 Å². The Morgan fingerprint density at radius 1 is 1.30 bits per heavy atom. The molecule has 7 heteroatoms. The second-order valence-electron chi connectivity index (χ2n) is 4.67. The molecule has 1 unspecified atom stereocenters. The van der Waals surface area contributed by atoms with E-state index in [0.29, 0.717) is 0 Å². The predicted molar refractivity (Wildman–Crippen MR) is 74.7 cm³/mol. The topological polar surface area (TPSA) is 75.4 Å². The standard InChI is InChI=1S/C13H17N3O3S/c1-10(11-4-6-12(17)7-5-11)16(3)20(18,19)13-8-15(2)9-14-13/h4-10,17H,1-3H3. The summed E-state index contributed by atoms with van der Waals surface area (Å²) in [5.41, 5.74) is 0.796. The summed E-state index contributed by atoms with van der Waals surface area (Å²) in [5.74, 6) is 0.149. The molecule has 1 aromatic carbocycles. The lowest BCUT2D eigenvalue weighted by atomic mass is 10.1. The summed E-state index contributed by atoms with van der Waals surface area (Å²) in [6, 6.07) is 6.11. The van der Waals surface area contributed by atoms with Gasteiger partial charge in [0, 0.05) is 26.3 Å². The zero-order valence-corrected chi connectivity index (χ0v) is 12.4. The molecule has 0 fully saturated rings. The Bertz CT molecular complexity index is 692. The molecule has 0 aliphatic heterocycles. The molecule has 1 N–H and O–H groups in total. The third-order valence-corrected chi connectivity index (χ3v) is 5.06. The number of aryl methyl sites for hydroxylation is 1. The number of phenolic OH excluding ortho intramolecular Hbond substituents is 1. The Labute approximate surface area is 118 Å². The number of imidazole rings is 1. The SMILES string of the molecule is CC(c1ccc(O)cc1)N(C)S(=O)(=O)c1cn(C)cn1. The third kappa shape index (κ3) is 2.68. The first kappa shape index (κ1) is 14.5. The molecule has 0 radical (unpaired) electrons. The average Bonchev–Trinajstić information content (AvgIpc) is 2.85. The fraction of sp³-hybridized carbons (Fsp3) is 0.308. The van der Waals surface area contributed by atoms with Crippen LogP contribution in [0.1, 0.15) is 18.5 Å². The number of hydrogen-bond acceptors (Lipinski definition) is 4. The van der Waals surface area contributed by atoms with Crippen LogP contribution in [0, 0.1) is 0 Å². The van der Waals surface area contributed by atoms with Crippen molar-refractivity contribution in [2.75, 3.05) is 7.05 Å². The number of benzene rings is 1. The van der Waals surface area contributed by atoms with Crippen LogP contribution in [-0.4, -0.2) is 34.4 Å². The van der Waals surface area contributed by atoms with E-state index in [0.717, 1.165) is 5.56 Å². The first-order chi connectivity index (χ1) is 9.32. The van der Waals surface area contributed by atoms with Crippen LogP contribution in [-0.2, 0) is 17.1 Å². The van der Waals surface area contributed by atoms with Crippen molar-refractivity contribution in [2.45, 2.75) is 18.0 Å². The van der Waals surface area contributed by atoms with Crippen LogP contribution in [0.3, 0.4) is 0 Å². The normalized spacial score (nSPS) is 13.6. The highest BCUT2D eigenvalue weighted by Crippen LogP contribution is 2.25. The van der Waals surface area contributed by atoms with Gasteiger partial charge in [0.25, 0.3) is 10.0 Å². The van der Waals surface area contributed by atoms with Gasteiger partial charge in [0.1, 0.15) is 5.75 Å². The number of phenols is 1. The van der Waals surface area contributed by atoms with Gasteiger partial charge in [-0.1, -0.05) is 12.1 Å². The lowest BCUT2D eigenvalue weighted by molar-refractivity contribution is 0.396. The molecule has 0 aliphatic rings. The molecule has 2 rings (SSSR count). The van der Waals surface area contributed by atoms with Crippen molar-refractivity contribution >= 4 is 10.0 Å². The predicted octanol–water partition coefficient (Wildman–Crippen LogP) is 1.51. The van der Waals surface area contributed by atoms with E-state index in [1.54, 1.807) is 30.7 Å². The molecule has 1 heterocycles. The largest absolute Gasteiger partial charge is 0.508 e. The maximum atomic E-state index is 12.4. The molecule has 2 aromatic rings. The Balaban J connectivity index is 2.30. The maximum absolute atomic E-state index is 12.4. The highest BCUT2D eigenvalue weighted by Gasteiger charge is 2.28. The smallest absolute Gasteiger partial charge is 0.262 e. The van der Waals surface area contributed by atoms with Gasteiger partial charge in [0.15, 0.2) is 5.03 Å². The minimum Gasteiger partial charge on any atom is -0.508 e. The van der Waals surface area contributed by atoms with Gasteiger partial charge < -0.3 is 9.67 Å². The van der Waals surface area contributed by atoms with E-state index in [2.05, 4.69) is 4.98 Å². The molecule has 1 atom stereocenters. The van der Waals surface area contributed by atoms with Gasteiger partial charge in [0.2, 0.25) is 0 Å². The molecule has 1 aromatic heterocycles. The van der Waals surface area contributed by atoms with Gasteiger partial charge in [-0.25, -0.2) is 13.4 Å². The minimum atomic E-state index is -3.64. The molecule has 0 amide bonds. The number of sulfonamides is 1. The summed E-state index contributed by atoms with van der Waals surface area (Å²) < 4.78 is 27.7. The molecular weight excluding hydrogens is 278 g/mol. The highest BCUT2D eigenvalue weighted by molar-refractivity contribution is 7.89. The summed E-state index contributed by atoms with van der Waals surface area (Å²) in [5, 5.41) is 9.29. The Morgan fingerprint density at radius 2 is 1.90 bits per heavy atom. The molecule has 0 saturated carbocycles. The van der Waals surface area contributed by atoms with E-state index >= 15 is 0 Å². The van der Waals surface area contributed by atoms with Gasteiger partial charge in [-0.2, -0.15) is 4.31 Å². The lowest BCUT2D eigenvalue weighted by Gasteiger charge is -2.23. The zero-order chi connectivity index (χ0) is 14.9. The van der Waals surface area contributed by atoms with Crippen molar-refractivity contribution in [3.8, 4) is 5.75 Å². The van der Waals surface area contributed by atoms with Crippen LogP contribution < -0.4 is 0 Å². The summed E-state index contributed by atoms with van der Waals surface area (Å²) in [6.07, 6.45) is 2.92. The first-order valence-corrected chi connectivity index (χ1v) is 7.51. The van der Waals surface area contributed by atoms with E-state index in [-0.39, 0.29) is 16.8 Å². The fourth-order valence-electron chi connectivity index (χ4n) is 1.84. The van der Waals surface area contributed by atoms with Crippen molar-refractivity contribution in [1.29, 1.82) is 0 Å². The monoisotopic (exact) mass is 295 g/mol. The molecule has 6 nitrogen and oxygen atoms in total. The van der Waals surface area contributed by atoms with Crippen LogP contribution in [0.15, 0.2) is 41.8 Å². The lowest BCUT2D eigenvalue weighted by Crippen LogP contribution is -2.30. The quantitative estimate of drug-likeness (QED) is 0.927. The maximum Gasteiger partial charge on any atom is 0.262 e. The van der Waals surface area contributed by atoms with Crippen LogP contribution >= 0.6 is 0 Å². The molecule has 0 bridgehead atoms. The van der Waals surface area contributed by atoms with E-state index in [1.807, 2.05) is 0 Å². The second kappa shape index (κ2) is 5.26. The van der Waals surface area contributed by atoms with Crippen LogP contribution in [0.4, 0.5) is 0 Å². The average molecular weight is 295 g/mol. The van der Waals surface area contributed by atoms with Crippen LogP contribution in [0.2, 0.25) is 0 Å². The van der Waals surface area contributed by atoms with Gasteiger partial charge in [-0.3, -0.25) is 0 Å². The number of aromatic hydroxyl groups is 1. The van der Waals surface area contributed by atoms with Gasteiger partial charge >= 0.3 is 0 Å². The highest BCUT2D eigenvalue weighted by atomic mass is 32.2. The molecule has 0 saturated heterocycles. The number of nitrogens with zero attached hydrogens (tertiary/aromatic N) is 3.